The maximum absolute atomic E-state index is 10.6. The van der Waals surface area contributed by atoms with E-state index in [4.69, 9.17) is 10.6 Å². The number of non-ortho nitro benzene ring substituents is 1. The van der Waals surface area contributed by atoms with E-state index in [1.165, 1.54) is 12.1 Å². The van der Waals surface area contributed by atoms with E-state index in [2.05, 4.69) is 10.4 Å². The van der Waals surface area contributed by atoms with Crippen LogP contribution in [0.4, 0.5) is 11.5 Å². The van der Waals surface area contributed by atoms with E-state index in [-0.39, 0.29) is 5.69 Å². The van der Waals surface area contributed by atoms with Gasteiger partial charge in [-0.25, -0.2) is 5.84 Å². The molecule has 0 unspecified atom stereocenters. The molecule has 0 aliphatic heterocycles. The van der Waals surface area contributed by atoms with Crippen molar-refractivity contribution < 1.29 is 9.66 Å². The van der Waals surface area contributed by atoms with Crippen LogP contribution in [0.5, 0.6) is 11.6 Å². The average Bonchev–Trinajstić information content (AvgIpc) is 2.39. The number of nitrogens with zero attached hydrogens (tertiary/aromatic N) is 2. The van der Waals surface area contributed by atoms with Crippen LogP contribution in [0, 0.1) is 10.1 Å². The van der Waals surface area contributed by atoms with Gasteiger partial charge in [-0.05, 0) is 12.1 Å². The van der Waals surface area contributed by atoms with Gasteiger partial charge in [0, 0.05) is 12.1 Å². The van der Waals surface area contributed by atoms with Gasteiger partial charge in [0.15, 0.2) is 0 Å². The molecular formula is C11H10N4O3. The molecule has 0 fully saturated rings. The lowest BCUT2D eigenvalue weighted by Gasteiger charge is -2.05. The number of benzene rings is 1. The zero-order valence-electron chi connectivity index (χ0n) is 9.24. The second-order valence-electron chi connectivity index (χ2n) is 3.36. The Hall–Kier alpha value is -2.67. The van der Waals surface area contributed by atoms with Crippen LogP contribution < -0.4 is 16.0 Å². The van der Waals surface area contributed by atoms with Crippen molar-refractivity contribution in [1.29, 1.82) is 0 Å². The number of ether oxygens (including phenoxy) is 1. The molecule has 0 saturated carbocycles. The number of hydrogen-bond donors (Lipinski definition) is 2. The predicted octanol–water partition coefficient (Wildman–Crippen LogP) is 2.07. The lowest BCUT2D eigenvalue weighted by Crippen LogP contribution is -2.08. The monoisotopic (exact) mass is 246 g/mol. The van der Waals surface area contributed by atoms with E-state index < -0.39 is 4.92 Å². The minimum atomic E-state index is -0.488. The maximum atomic E-state index is 10.6. The molecule has 0 amide bonds. The van der Waals surface area contributed by atoms with Crippen LogP contribution >= 0.6 is 0 Å². The smallest absolute Gasteiger partial charge is 0.273 e. The van der Waals surface area contributed by atoms with E-state index in [0.717, 1.165) is 0 Å². The first-order chi connectivity index (χ1) is 8.69. The normalized spacial score (nSPS) is 9.83. The summed E-state index contributed by atoms with van der Waals surface area (Å²) in [5.41, 5.74) is 2.34. The highest BCUT2D eigenvalue weighted by molar-refractivity contribution is 5.41. The van der Waals surface area contributed by atoms with Crippen LogP contribution in [0.1, 0.15) is 0 Å². The van der Waals surface area contributed by atoms with E-state index >= 15 is 0 Å². The molecule has 0 bridgehead atoms. The summed E-state index contributed by atoms with van der Waals surface area (Å²) in [4.78, 5) is 14.2. The highest BCUT2D eigenvalue weighted by atomic mass is 16.6. The van der Waals surface area contributed by atoms with E-state index in [1.807, 2.05) is 0 Å². The Morgan fingerprint density at radius 3 is 2.78 bits per heavy atom. The van der Waals surface area contributed by atoms with Crippen molar-refractivity contribution in [3.63, 3.8) is 0 Å². The van der Waals surface area contributed by atoms with Gasteiger partial charge in [0.05, 0.1) is 11.0 Å². The van der Waals surface area contributed by atoms with Gasteiger partial charge in [-0.15, -0.1) is 0 Å². The number of hydrogen-bond acceptors (Lipinski definition) is 6. The second-order valence-corrected chi connectivity index (χ2v) is 3.36. The highest BCUT2D eigenvalue weighted by Gasteiger charge is 2.07. The van der Waals surface area contributed by atoms with Gasteiger partial charge < -0.3 is 10.2 Å². The Balaban J connectivity index is 2.22. The molecule has 0 atom stereocenters. The number of nitro benzene ring substituents is 1. The number of aromatic nitrogens is 1. The molecule has 0 aliphatic carbocycles. The Morgan fingerprint density at radius 2 is 2.06 bits per heavy atom. The van der Waals surface area contributed by atoms with Gasteiger partial charge >= 0.3 is 0 Å². The summed E-state index contributed by atoms with van der Waals surface area (Å²) in [6.07, 6.45) is 0. The van der Waals surface area contributed by atoms with Crippen LogP contribution in [0.25, 0.3) is 0 Å². The standard InChI is InChI=1S/C11H10N4O3/c12-14-10-5-2-6-11(13-10)18-9-4-1-3-8(7-9)15(16)17/h1-7H,12H2,(H,13,14). The predicted molar refractivity (Wildman–Crippen MR) is 65.2 cm³/mol. The third-order valence-electron chi connectivity index (χ3n) is 2.12. The fourth-order valence-corrected chi connectivity index (χ4v) is 1.33. The minimum Gasteiger partial charge on any atom is -0.439 e. The third-order valence-corrected chi connectivity index (χ3v) is 2.12. The Kier molecular flexibility index (Phi) is 3.35. The molecule has 0 saturated heterocycles. The molecule has 0 radical (unpaired) electrons. The largest absolute Gasteiger partial charge is 0.439 e. The zero-order chi connectivity index (χ0) is 13.0. The van der Waals surface area contributed by atoms with E-state index in [9.17, 15) is 10.1 Å². The molecule has 7 nitrogen and oxygen atoms in total. The topological polar surface area (TPSA) is 103 Å². The lowest BCUT2D eigenvalue weighted by atomic mass is 10.3. The van der Waals surface area contributed by atoms with Gasteiger partial charge in [0.25, 0.3) is 5.69 Å². The minimum absolute atomic E-state index is 0.0411. The van der Waals surface area contributed by atoms with Gasteiger partial charge in [-0.2, -0.15) is 4.98 Å². The highest BCUT2D eigenvalue weighted by Crippen LogP contribution is 2.24. The molecular weight excluding hydrogens is 236 g/mol. The fraction of sp³-hybridized carbons (Fsp3) is 0. The number of nitrogens with two attached hydrogens (primary N) is 1. The van der Waals surface area contributed by atoms with Crippen LogP contribution in [-0.2, 0) is 0 Å². The molecule has 1 heterocycles. The summed E-state index contributed by atoms with van der Waals surface area (Å²) >= 11 is 0. The van der Waals surface area contributed by atoms with Crippen molar-refractivity contribution >= 4 is 11.5 Å². The quantitative estimate of drug-likeness (QED) is 0.486. The van der Waals surface area contributed by atoms with Crippen LogP contribution in [-0.4, -0.2) is 9.91 Å². The van der Waals surface area contributed by atoms with Crippen LogP contribution in [0.2, 0.25) is 0 Å². The summed E-state index contributed by atoms with van der Waals surface area (Å²) < 4.78 is 5.40. The number of rotatable bonds is 4. The number of hydrazine groups is 1. The first kappa shape index (κ1) is 11.8. The molecule has 18 heavy (non-hydrogen) atoms. The molecule has 3 N–H and O–H groups in total. The van der Waals surface area contributed by atoms with Crippen molar-refractivity contribution in [2.45, 2.75) is 0 Å². The van der Waals surface area contributed by atoms with Gasteiger partial charge in [0.2, 0.25) is 5.88 Å². The molecule has 1 aromatic heterocycles. The SMILES string of the molecule is NNc1cccc(Oc2cccc([N+](=O)[O-])c2)n1. The maximum Gasteiger partial charge on any atom is 0.273 e. The molecule has 1 aromatic carbocycles. The fourth-order valence-electron chi connectivity index (χ4n) is 1.33. The van der Waals surface area contributed by atoms with Crippen LogP contribution in [0.3, 0.4) is 0 Å². The summed E-state index contributed by atoms with van der Waals surface area (Å²) in [6.45, 7) is 0. The van der Waals surface area contributed by atoms with Gasteiger partial charge in [0.1, 0.15) is 11.6 Å². The van der Waals surface area contributed by atoms with Crippen molar-refractivity contribution in [2.24, 2.45) is 5.84 Å². The zero-order valence-corrected chi connectivity index (χ0v) is 9.24. The summed E-state index contributed by atoms with van der Waals surface area (Å²) in [7, 11) is 0. The lowest BCUT2D eigenvalue weighted by molar-refractivity contribution is -0.384. The van der Waals surface area contributed by atoms with E-state index in [0.29, 0.717) is 17.4 Å². The van der Waals surface area contributed by atoms with E-state index in [1.54, 1.807) is 30.3 Å². The van der Waals surface area contributed by atoms with Crippen molar-refractivity contribution in [1.82, 2.24) is 4.98 Å². The Labute approximate surface area is 102 Å². The van der Waals surface area contributed by atoms with Crippen molar-refractivity contribution in [2.75, 3.05) is 5.43 Å². The summed E-state index contributed by atoms with van der Waals surface area (Å²) in [5.74, 6) is 6.30. The molecule has 92 valence electrons. The number of nitro groups is 1. The average molecular weight is 246 g/mol. The Bertz CT molecular complexity index is 574. The third kappa shape index (κ3) is 2.71. The molecule has 2 rings (SSSR count). The molecule has 0 spiro atoms. The van der Waals surface area contributed by atoms with Gasteiger partial charge in [-0.1, -0.05) is 12.1 Å². The second kappa shape index (κ2) is 5.11. The Morgan fingerprint density at radius 1 is 1.28 bits per heavy atom. The first-order valence-corrected chi connectivity index (χ1v) is 5.05. The number of pyridine rings is 1. The molecule has 0 aliphatic rings. The summed E-state index contributed by atoms with van der Waals surface area (Å²) in [6, 6.07) is 10.9. The van der Waals surface area contributed by atoms with Crippen molar-refractivity contribution in [3.8, 4) is 11.6 Å². The number of nitrogens with one attached hydrogen (secondary N) is 1. The first-order valence-electron chi connectivity index (χ1n) is 5.05. The van der Waals surface area contributed by atoms with Crippen LogP contribution in [0.15, 0.2) is 42.5 Å². The number of nitrogen functional groups attached to an aromatic ring is 1. The molecule has 2 aromatic rings. The van der Waals surface area contributed by atoms with Gasteiger partial charge in [-0.3, -0.25) is 10.1 Å². The van der Waals surface area contributed by atoms with Crippen molar-refractivity contribution in [3.05, 3.63) is 52.6 Å². The summed E-state index contributed by atoms with van der Waals surface area (Å²) in [5, 5.41) is 10.6. The molecule has 7 heteroatoms. The number of anilines is 1.